The molecule has 2 heterocycles. The molecular formula is C12H6F4N8O6S2. The Morgan fingerprint density at radius 3 is 1.12 bits per heavy atom. The molecule has 14 nitrogen and oxygen atoms in total. The van der Waals surface area contributed by atoms with Gasteiger partial charge in [0.2, 0.25) is 11.9 Å². The zero-order valence-corrected chi connectivity index (χ0v) is 16.3. The van der Waals surface area contributed by atoms with Gasteiger partial charge in [-0.2, -0.15) is 64.3 Å². The number of nitrogens with one attached hydrogen (secondary N) is 2. The van der Waals surface area contributed by atoms with Gasteiger partial charge < -0.3 is 10.6 Å². The summed E-state index contributed by atoms with van der Waals surface area (Å²) in [5.41, 5.74) is -1.77. The van der Waals surface area contributed by atoms with E-state index in [1.165, 1.54) is 0 Å². The van der Waals surface area contributed by atoms with Crippen molar-refractivity contribution < 1.29 is 43.5 Å². The molecule has 0 atom stereocenters. The summed E-state index contributed by atoms with van der Waals surface area (Å²) in [6, 6.07) is 0.739. The lowest BCUT2D eigenvalue weighted by atomic mass is 10.2. The van der Waals surface area contributed by atoms with Crippen LogP contribution in [0.4, 0.5) is 40.8 Å². The molecule has 32 heavy (non-hydrogen) atoms. The molecule has 0 saturated heterocycles. The molecule has 2 aromatic heterocycles. The molecule has 0 saturated carbocycles. The van der Waals surface area contributed by atoms with Crippen LogP contribution in [0.2, 0.25) is 0 Å². The van der Waals surface area contributed by atoms with E-state index in [9.17, 15) is 43.5 Å². The summed E-state index contributed by atoms with van der Waals surface area (Å²) in [5, 5.41) is 3.87. The SMILES string of the molecule is O=S(=O)(O)c1cc(Nc2nc(F)nc(F)n2)c(S(=O)(=O)O)cc1Nc1nc(F)nc(F)n1. The molecule has 0 spiro atoms. The fraction of sp³-hybridized carbons (Fsp3) is 0. The van der Waals surface area contributed by atoms with E-state index in [0.29, 0.717) is 12.1 Å². The minimum absolute atomic E-state index is 0.369. The second-order valence-electron chi connectivity index (χ2n) is 5.44. The maximum absolute atomic E-state index is 13.2. The maximum Gasteiger partial charge on any atom is 0.315 e. The molecule has 4 N–H and O–H groups in total. The van der Waals surface area contributed by atoms with Crippen molar-refractivity contribution in [2.24, 2.45) is 0 Å². The summed E-state index contributed by atoms with van der Waals surface area (Å²) in [6.07, 6.45) is -6.55. The summed E-state index contributed by atoms with van der Waals surface area (Å²) in [6.45, 7) is 0. The van der Waals surface area contributed by atoms with Crippen LogP contribution in [-0.4, -0.2) is 55.8 Å². The summed E-state index contributed by atoms with van der Waals surface area (Å²) in [7, 11) is -10.4. The molecule has 0 unspecified atom stereocenters. The van der Waals surface area contributed by atoms with E-state index in [-0.39, 0.29) is 0 Å². The molecule has 3 rings (SSSR count). The van der Waals surface area contributed by atoms with E-state index in [1.807, 2.05) is 10.6 Å². The first-order valence-corrected chi connectivity index (χ1v) is 10.4. The van der Waals surface area contributed by atoms with E-state index in [4.69, 9.17) is 0 Å². The summed E-state index contributed by atoms with van der Waals surface area (Å²) in [4.78, 5) is 14.9. The Bertz CT molecular complexity index is 1290. The summed E-state index contributed by atoms with van der Waals surface area (Å²) < 4.78 is 119. The van der Waals surface area contributed by atoms with Crippen molar-refractivity contribution in [3.05, 3.63) is 36.4 Å². The number of benzene rings is 1. The Hall–Kier alpha value is -3.62. The van der Waals surface area contributed by atoms with Gasteiger partial charge in [0.25, 0.3) is 20.2 Å². The number of hydrogen-bond donors (Lipinski definition) is 4. The van der Waals surface area contributed by atoms with Crippen molar-refractivity contribution in [1.82, 2.24) is 29.9 Å². The van der Waals surface area contributed by atoms with Gasteiger partial charge in [-0.1, -0.05) is 0 Å². The van der Waals surface area contributed by atoms with Crippen LogP contribution in [0.3, 0.4) is 0 Å². The minimum Gasteiger partial charge on any atom is -0.323 e. The molecule has 1 aromatic carbocycles. The third-order valence-electron chi connectivity index (χ3n) is 3.29. The van der Waals surface area contributed by atoms with Crippen LogP contribution in [0, 0.1) is 24.3 Å². The molecule has 0 radical (unpaired) electrons. The maximum atomic E-state index is 13.2. The first-order chi connectivity index (χ1) is 14.7. The first kappa shape index (κ1) is 23.1. The van der Waals surface area contributed by atoms with Crippen LogP contribution in [0.1, 0.15) is 0 Å². The number of aromatic nitrogens is 6. The summed E-state index contributed by atoms with van der Waals surface area (Å²) >= 11 is 0. The normalized spacial score (nSPS) is 11.9. The third kappa shape index (κ3) is 5.35. The average Bonchev–Trinajstić information content (AvgIpc) is 2.59. The molecule has 20 heteroatoms. The van der Waals surface area contributed by atoms with Gasteiger partial charge in [-0.25, -0.2) is 0 Å². The Labute approximate surface area is 174 Å². The van der Waals surface area contributed by atoms with Crippen molar-refractivity contribution in [1.29, 1.82) is 0 Å². The lowest BCUT2D eigenvalue weighted by Gasteiger charge is -2.15. The number of nitrogens with zero attached hydrogens (tertiary/aromatic N) is 6. The second-order valence-corrected chi connectivity index (χ2v) is 8.22. The van der Waals surface area contributed by atoms with Crippen molar-refractivity contribution in [3.63, 3.8) is 0 Å². The Balaban J connectivity index is 2.22. The predicted octanol–water partition coefficient (Wildman–Crippen LogP) is 0.594. The number of anilines is 4. The van der Waals surface area contributed by atoms with Gasteiger partial charge in [-0.15, -0.1) is 0 Å². The number of halogens is 4. The topological polar surface area (TPSA) is 210 Å². The molecule has 0 aliphatic carbocycles. The molecule has 0 fully saturated rings. The fourth-order valence-electron chi connectivity index (χ4n) is 2.19. The van der Waals surface area contributed by atoms with Crippen LogP contribution >= 0.6 is 0 Å². The highest BCUT2D eigenvalue weighted by molar-refractivity contribution is 7.86. The predicted molar refractivity (Wildman–Crippen MR) is 92.1 cm³/mol. The van der Waals surface area contributed by atoms with E-state index < -0.39 is 77.6 Å². The molecule has 170 valence electrons. The van der Waals surface area contributed by atoms with Crippen molar-refractivity contribution >= 4 is 43.5 Å². The lowest BCUT2D eigenvalue weighted by Crippen LogP contribution is -2.12. The highest BCUT2D eigenvalue weighted by Gasteiger charge is 2.26. The Kier molecular flexibility index (Phi) is 5.86. The summed E-state index contributed by atoms with van der Waals surface area (Å²) in [5.74, 6) is -1.91. The van der Waals surface area contributed by atoms with Crippen LogP contribution in [0.5, 0.6) is 0 Å². The molecular weight excluding hydrogens is 492 g/mol. The van der Waals surface area contributed by atoms with Gasteiger partial charge in [0.1, 0.15) is 9.79 Å². The minimum atomic E-state index is -5.21. The van der Waals surface area contributed by atoms with Crippen molar-refractivity contribution in [2.45, 2.75) is 9.79 Å². The molecule has 0 bridgehead atoms. The highest BCUT2D eigenvalue weighted by Crippen LogP contribution is 2.34. The Morgan fingerprint density at radius 1 is 0.594 bits per heavy atom. The van der Waals surface area contributed by atoms with Gasteiger partial charge >= 0.3 is 24.3 Å². The largest absolute Gasteiger partial charge is 0.323 e. The first-order valence-electron chi connectivity index (χ1n) is 7.53. The molecule has 0 aliphatic rings. The quantitative estimate of drug-likeness (QED) is 0.271. The van der Waals surface area contributed by atoms with Gasteiger partial charge in [0, 0.05) is 0 Å². The zero-order valence-electron chi connectivity index (χ0n) is 14.7. The monoisotopic (exact) mass is 498 g/mol. The van der Waals surface area contributed by atoms with Gasteiger partial charge in [0.05, 0.1) is 11.4 Å². The van der Waals surface area contributed by atoms with Crippen LogP contribution in [0.25, 0.3) is 0 Å². The van der Waals surface area contributed by atoms with Crippen molar-refractivity contribution in [3.8, 4) is 0 Å². The van der Waals surface area contributed by atoms with Gasteiger partial charge in [-0.05, 0) is 12.1 Å². The van der Waals surface area contributed by atoms with E-state index in [2.05, 4.69) is 29.9 Å². The molecule has 0 aliphatic heterocycles. The van der Waals surface area contributed by atoms with Gasteiger partial charge in [0.15, 0.2) is 0 Å². The lowest BCUT2D eigenvalue weighted by molar-refractivity contribution is 0.456. The molecule has 0 amide bonds. The highest BCUT2D eigenvalue weighted by atomic mass is 32.2. The Morgan fingerprint density at radius 2 is 0.875 bits per heavy atom. The van der Waals surface area contributed by atoms with Crippen LogP contribution < -0.4 is 10.6 Å². The fourth-order valence-corrected chi connectivity index (χ4v) is 3.50. The second kappa shape index (κ2) is 8.14. The third-order valence-corrected chi connectivity index (χ3v) is 5.08. The van der Waals surface area contributed by atoms with Gasteiger partial charge in [-0.3, -0.25) is 9.11 Å². The number of rotatable bonds is 6. The van der Waals surface area contributed by atoms with Crippen LogP contribution in [0.15, 0.2) is 21.9 Å². The van der Waals surface area contributed by atoms with E-state index in [1.54, 1.807) is 0 Å². The van der Waals surface area contributed by atoms with E-state index in [0.717, 1.165) is 0 Å². The standard InChI is InChI=1S/C12H6F4N8O6S2/c13-7-19-8(14)22-11(21-7)17-3-1-5(31(25,26)27)4(2-6(3)32(28,29)30)18-12-23-9(15)20-10(16)24-12/h1-2H,(H,25,26,27)(H,28,29,30)(H,17,19,21,22)(H,18,20,23,24). The smallest absolute Gasteiger partial charge is 0.315 e. The van der Waals surface area contributed by atoms with Crippen molar-refractivity contribution in [2.75, 3.05) is 10.6 Å². The van der Waals surface area contributed by atoms with Crippen LogP contribution in [-0.2, 0) is 20.2 Å². The number of hydrogen-bond acceptors (Lipinski definition) is 12. The van der Waals surface area contributed by atoms with E-state index >= 15 is 0 Å². The zero-order chi connectivity index (χ0) is 23.8. The average molecular weight is 498 g/mol. The molecule has 3 aromatic rings.